The topological polar surface area (TPSA) is 89.4 Å². The SMILES string of the molecule is CC(C)NC(=O)c1csc(-c2c(-c3ccc(F)cc3)ncn2C2CCN(C(=O)OC(C)(C)C)CC2)n1. The van der Waals surface area contributed by atoms with E-state index in [9.17, 15) is 14.0 Å². The van der Waals surface area contributed by atoms with Gasteiger partial charge in [-0.15, -0.1) is 11.3 Å². The lowest BCUT2D eigenvalue weighted by Gasteiger charge is -2.34. The fourth-order valence-electron chi connectivity index (χ4n) is 4.14. The van der Waals surface area contributed by atoms with Crippen molar-refractivity contribution in [3.8, 4) is 22.0 Å². The van der Waals surface area contributed by atoms with Crippen molar-refractivity contribution < 1.29 is 18.7 Å². The van der Waals surface area contributed by atoms with Gasteiger partial charge in [0.2, 0.25) is 0 Å². The summed E-state index contributed by atoms with van der Waals surface area (Å²) in [6.45, 7) is 10.5. The number of benzene rings is 1. The number of nitrogens with one attached hydrogen (secondary N) is 1. The van der Waals surface area contributed by atoms with Gasteiger partial charge < -0.3 is 19.5 Å². The smallest absolute Gasteiger partial charge is 0.410 e. The number of rotatable bonds is 5. The van der Waals surface area contributed by atoms with Crippen molar-refractivity contribution in [1.29, 1.82) is 0 Å². The molecular formula is C26H32FN5O3S. The predicted molar refractivity (Wildman–Crippen MR) is 137 cm³/mol. The fraction of sp³-hybridized carbons (Fsp3) is 0.462. The van der Waals surface area contributed by atoms with Gasteiger partial charge in [0, 0.05) is 36.1 Å². The molecule has 3 heterocycles. The van der Waals surface area contributed by atoms with Crippen molar-refractivity contribution in [3.63, 3.8) is 0 Å². The number of carbonyl (C=O) groups is 2. The zero-order valence-electron chi connectivity index (χ0n) is 21.2. The second-order valence-corrected chi connectivity index (χ2v) is 11.1. The van der Waals surface area contributed by atoms with E-state index in [2.05, 4.69) is 19.9 Å². The van der Waals surface area contributed by atoms with Crippen LogP contribution in [0, 0.1) is 5.82 Å². The first-order chi connectivity index (χ1) is 17.0. The molecule has 4 rings (SSSR count). The van der Waals surface area contributed by atoms with Gasteiger partial charge in [-0.05, 0) is 71.7 Å². The number of piperidine rings is 1. The lowest BCUT2D eigenvalue weighted by Crippen LogP contribution is -2.42. The molecule has 10 heteroatoms. The minimum absolute atomic E-state index is 0.00175. The molecular weight excluding hydrogens is 481 g/mol. The summed E-state index contributed by atoms with van der Waals surface area (Å²) < 4.78 is 21.2. The number of ether oxygens (including phenoxy) is 1. The summed E-state index contributed by atoms with van der Waals surface area (Å²) in [7, 11) is 0. The van der Waals surface area contributed by atoms with Crippen molar-refractivity contribution in [2.45, 2.75) is 65.1 Å². The van der Waals surface area contributed by atoms with Gasteiger partial charge in [0.15, 0.2) is 0 Å². The largest absolute Gasteiger partial charge is 0.444 e. The van der Waals surface area contributed by atoms with Crippen LogP contribution >= 0.6 is 11.3 Å². The minimum Gasteiger partial charge on any atom is -0.444 e. The van der Waals surface area contributed by atoms with E-state index in [1.54, 1.807) is 28.7 Å². The molecule has 1 aliphatic rings. The number of hydrogen-bond donors (Lipinski definition) is 1. The summed E-state index contributed by atoms with van der Waals surface area (Å²) >= 11 is 1.37. The summed E-state index contributed by atoms with van der Waals surface area (Å²) in [4.78, 5) is 36.1. The van der Waals surface area contributed by atoms with Gasteiger partial charge in [-0.2, -0.15) is 0 Å². The Balaban J connectivity index is 1.64. The van der Waals surface area contributed by atoms with Gasteiger partial charge in [0.1, 0.15) is 27.8 Å². The third kappa shape index (κ3) is 5.92. The van der Waals surface area contributed by atoms with Crippen LogP contribution in [0.3, 0.4) is 0 Å². The van der Waals surface area contributed by atoms with Gasteiger partial charge in [0.25, 0.3) is 5.91 Å². The average molecular weight is 514 g/mol. The summed E-state index contributed by atoms with van der Waals surface area (Å²) in [6, 6.07) is 6.27. The molecule has 1 fully saturated rings. The molecule has 8 nitrogen and oxygen atoms in total. The highest BCUT2D eigenvalue weighted by Crippen LogP contribution is 2.37. The summed E-state index contributed by atoms with van der Waals surface area (Å²) in [6.07, 6.45) is 2.91. The van der Waals surface area contributed by atoms with Crippen LogP contribution in [0.4, 0.5) is 9.18 Å². The van der Waals surface area contributed by atoms with Crippen LogP contribution in [0.2, 0.25) is 0 Å². The number of nitrogens with zero attached hydrogens (tertiary/aromatic N) is 4. The molecule has 0 radical (unpaired) electrons. The standard InChI is InChI=1S/C26H32FN5O3S/c1-16(2)29-23(33)20-14-36-24(30-20)22-21(17-6-8-18(27)9-7-17)28-15-32(22)19-10-12-31(13-11-19)25(34)35-26(3,4)5/h6-9,14-16,19H,10-13H2,1-5H3,(H,29,33). The Hall–Kier alpha value is -3.27. The molecule has 0 aliphatic carbocycles. The molecule has 0 atom stereocenters. The Bertz CT molecular complexity index is 1220. The van der Waals surface area contributed by atoms with Crippen molar-refractivity contribution in [1.82, 2.24) is 24.8 Å². The molecule has 0 unspecified atom stereocenters. The van der Waals surface area contributed by atoms with Gasteiger partial charge in [0.05, 0.1) is 12.0 Å². The number of likely N-dealkylation sites (tertiary alicyclic amines) is 1. The fourth-order valence-corrected chi connectivity index (χ4v) is 4.99. The zero-order chi connectivity index (χ0) is 26.0. The van der Waals surface area contributed by atoms with Crippen LogP contribution in [0.15, 0.2) is 36.0 Å². The van der Waals surface area contributed by atoms with E-state index in [-0.39, 0.29) is 29.9 Å². The number of carbonyl (C=O) groups excluding carboxylic acids is 2. The molecule has 36 heavy (non-hydrogen) atoms. The highest BCUT2D eigenvalue weighted by Gasteiger charge is 2.30. The van der Waals surface area contributed by atoms with E-state index in [1.165, 1.54) is 23.5 Å². The molecule has 1 aliphatic heterocycles. The third-order valence-corrected chi connectivity index (χ3v) is 6.63. The first-order valence-electron chi connectivity index (χ1n) is 12.1. The number of thiazole rings is 1. The maximum atomic E-state index is 13.6. The highest BCUT2D eigenvalue weighted by molar-refractivity contribution is 7.13. The molecule has 2 amide bonds. The number of imidazole rings is 1. The van der Waals surface area contributed by atoms with Crippen LogP contribution < -0.4 is 5.32 Å². The monoisotopic (exact) mass is 513 g/mol. The molecule has 1 saturated heterocycles. The van der Waals surface area contributed by atoms with E-state index in [0.29, 0.717) is 29.5 Å². The molecule has 2 aromatic heterocycles. The maximum absolute atomic E-state index is 13.6. The Morgan fingerprint density at radius 3 is 2.44 bits per heavy atom. The summed E-state index contributed by atoms with van der Waals surface area (Å²) in [5.41, 5.74) is 2.03. The van der Waals surface area contributed by atoms with Gasteiger partial charge >= 0.3 is 6.09 Å². The molecule has 3 aromatic rings. The van der Waals surface area contributed by atoms with Gasteiger partial charge in [-0.25, -0.2) is 19.2 Å². The number of aromatic nitrogens is 3. The molecule has 0 saturated carbocycles. The van der Waals surface area contributed by atoms with Crippen molar-refractivity contribution in [2.24, 2.45) is 0 Å². The summed E-state index contributed by atoms with van der Waals surface area (Å²) in [5, 5.41) is 5.27. The third-order valence-electron chi connectivity index (χ3n) is 5.78. The second-order valence-electron chi connectivity index (χ2n) is 10.2. The number of hydrogen-bond acceptors (Lipinski definition) is 6. The molecule has 1 N–H and O–H groups in total. The van der Waals surface area contributed by atoms with Gasteiger partial charge in [-0.1, -0.05) is 0 Å². The number of halogens is 1. The lowest BCUT2D eigenvalue weighted by atomic mass is 10.0. The second kappa shape index (κ2) is 10.4. The van der Waals surface area contributed by atoms with Crippen LogP contribution in [0.5, 0.6) is 0 Å². The Morgan fingerprint density at radius 1 is 1.17 bits per heavy atom. The predicted octanol–water partition coefficient (Wildman–Crippen LogP) is 5.52. The highest BCUT2D eigenvalue weighted by atomic mass is 32.1. The van der Waals surface area contributed by atoms with Crippen LogP contribution in [0.25, 0.3) is 22.0 Å². The molecule has 192 valence electrons. The van der Waals surface area contributed by atoms with Crippen molar-refractivity contribution in [2.75, 3.05) is 13.1 Å². The quantitative estimate of drug-likeness (QED) is 0.485. The maximum Gasteiger partial charge on any atom is 0.410 e. The van der Waals surface area contributed by atoms with E-state index >= 15 is 0 Å². The van der Waals surface area contributed by atoms with E-state index < -0.39 is 5.60 Å². The van der Waals surface area contributed by atoms with E-state index in [4.69, 9.17) is 4.74 Å². The van der Waals surface area contributed by atoms with Crippen molar-refractivity contribution in [3.05, 3.63) is 47.5 Å². The van der Waals surface area contributed by atoms with E-state index in [1.807, 2.05) is 34.6 Å². The first-order valence-corrected chi connectivity index (χ1v) is 13.0. The number of amides is 2. The lowest BCUT2D eigenvalue weighted by molar-refractivity contribution is 0.0189. The van der Waals surface area contributed by atoms with Crippen LogP contribution in [-0.2, 0) is 4.74 Å². The van der Waals surface area contributed by atoms with Crippen LogP contribution in [-0.4, -0.2) is 56.2 Å². The Kier molecular flexibility index (Phi) is 7.44. The zero-order valence-corrected chi connectivity index (χ0v) is 22.1. The Morgan fingerprint density at radius 2 is 1.83 bits per heavy atom. The average Bonchev–Trinajstić information content (AvgIpc) is 3.45. The van der Waals surface area contributed by atoms with Crippen LogP contribution in [0.1, 0.15) is 64.0 Å². The molecule has 1 aromatic carbocycles. The first kappa shape index (κ1) is 25.8. The normalized spacial score (nSPS) is 14.8. The van der Waals surface area contributed by atoms with E-state index in [0.717, 1.165) is 24.1 Å². The molecule has 0 bridgehead atoms. The molecule has 0 spiro atoms. The summed E-state index contributed by atoms with van der Waals surface area (Å²) in [5.74, 6) is -0.552. The van der Waals surface area contributed by atoms with Gasteiger partial charge in [-0.3, -0.25) is 4.79 Å². The van der Waals surface area contributed by atoms with Crippen molar-refractivity contribution >= 4 is 23.3 Å². The Labute approximate surface area is 214 Å². The minimum atomic E-state index is -0.542.